The van der Waals surface area contributed by atoms with Gasteiger partial charge in [-0.2, -0.15) is 0 Å². The predicted octanol–water partition coefficient (Wildman–Crippen LogP) is 6.46. The molecule has 214 valence electrons. The van der Waals surface area contributed by atoms with E-state index < -0.39 is 18.2 Å². The van der Waals surface area contributed by atoms with Crippen LogP contribution in [0.1, 0.15) is 51.1 Å². The average Bonchev–Trinajstić information content (AvgIpc) is 3.59. The number of amides is 2. The van der Waals surface area contributed by atoms with Gasteiger partial charge in [0.2, 0.25) is 5.91 Å². The van der Waals surface area contributed by atoms with Crippen LogP contribution in [-0.2, 0) is 4.79 Å². The molecule has 1 aliphatic rings. The van der Waals surface area contributed by atoms with Crippen molar-refractivity contribution >= 4 is 45.8 Å². The number of hydrogen-bond donors (Lipinski definition) is 1. The van der Waals surface area contributed by atoms with E-state index in [9.17, 15) is 14.7 Å². The van der Waals surface area contributed by atoms with E-state index in [2.05, 4.69) is 20.4 Å². The zero-order valence-electron chi connectivity index (χ0n) is 23.2. The van der Waals surface area contributed by atoms with Crippen molar-refractivity contribution in [1.29, 1.82) is 0 Å². The van der Waals surface area contributed by atoms with Crippen molar-refractivity contribution in [3.63, 3.8) is 0 Å². The molecule has 11 heteroatoms. The fraction of sp³-hybridized carbons (Fsp3) is 0.448. The summed E-state index contributed by atoms with van der Waals surface area (Å²) in [4.78, 5) is 37.7. The highest BCUT2D eigenvalue weighted by Gasteiger charge is 2.42. The molecule has 2 unspecified atom stereocenters. The van der Waals surface area contributed by atoms with Crippen LogP contribution in [0.3, 0.4) is 0 Å². The number of carbonyl (C=O) groups excluding carboxylic acids is 1. The summed E-state index contributed by atoms with van der Waals surface area (Å²) in [6, 6.07) is 4.54. The summed E-state index contributed by atoms with van der Waals surface area (Å²) in [6.07, 6.45) is 3.01. The lowest BCUT2D eigenvalue weighted by Crippen LogP contribution is -2.46. The first-order chi connectivity index (χ1) is 19.1. The maximum absolute atomic E-state index is 13.2. The molecule has 1 fully saturated rings. The number of methoxy groups -OCH3 is 1. The molecule has 0 bridgehead atoms. The molecule has 1 N–H and O–H groups in total. The first kappa shape index (κ1) is 29.6. The van der Waals surface area contributed by atoms with E-state index in [0.29, 0.717) is 39.7 Å². The molecule has 2 atom stereocenters. The summed E-state index contributed by atoms with van der Waals surface area (Å²) in [5.41, 5.74) is 2.05. The molecule has 3 heterocycles. The number of likely N-dealkylation sites (tertiary alicyclic amines) is 1. The number of fused-ring (bicyclic) bond motifs is 1. The maximum Gasteiger partial charge on any atom is 0.408 e. The van der Waals surface area contributed by atoms with Crippen molar-refractivity contribution in [2.45, 2.75) is 57.6 Å². The molecule has 2 aromatic heterocycles. The number of rotatable bonds is 11. The van der Waals surface area contributed by atoms with Crippen LogP contribution in [0.15, 0.2) is 36.2 Å². The third kappa shape index (κ3) is 6.33. The average molecular weight is 587 g/mol. The van der Waals surface area contributed by atoms with Gasteiger partial charge in [0.25, 0.3) is 0 Å². The van der Waals surface area contributed by atoms with E-state index in [1.165, 1.54) is 23.3 Å². The lowest BCUT2D eigenvalue weighted by Gasteiger charge is -2.25. The van der Waals surface area contributed by atoms with Crippen LogP contribution in [0.2, 0.25) is 5.02 Å². The van der Waals surface area contributed by atoms with Crippen LogP contribution in [0.4, 0.5) is 4.79 Å². The lowest BCUT2D eigenvalue weighted by molar-refractivity contribution is -0.134. The van der Waals surface area contributed by atoms with Gasteiger partial charge >= 0.3 is 6.09 Å². The van der Waals surface area contributed by atoms with E-state index in [4.69, 9.17) is 31.0 Å². The number of ether oxygens (including phenoxy) is 2. The summed E-state index contributed by atoms with van der Waals surface area (Å²) in [7, 11) is 3.25. The second kappa shape index (κ2) is 12.9. The summed E-state index contributed by atoms with van der Waals surface area (Å²) in [5, 5.41) is 13.6. The number of halogens is 1. The molecule has 9 nitrogen and oxygen atoms in total. The Morgan fingerprint density at radius 2 is 2.08 bits per heavy atom. The molecule has 1 saturated heterocycles. The highest BCUT2D eigenvalue weighted by molar-refractivity contribution is 7.13. The Hall–Kier alpha value is -3.37. The van der Waals surface area contributed by atoms with Crippen molar-refractivity contribution in [3.05, 3.63) is 47.0 Å². The van der Waals surface area contributed by atoms with Gasteiger partial charge in [-0.3, -0.25) is 9.69 Å². The number of benzene rings is 1. The van der Waals surface area contributed by atoms with E-state index in [0.717, 1.165) is 30.0 Å². The van der Waals surface area contributed by atoms with Crippen molar-refractivity contribution < 1.29 is 24.2 Å². The van der Waals surface area contributed by atoms with Crippen LogP contribution in [0.25, 0.3) is 21.6 Å². The number of likely N-dealkylation sites (N-methyl/N-ethyl adjacent to an activating group) is 1. The zero-order chi connectivity index (χ0) is 29.0. The van der Waals surface area contributed by atoms with Gasteiger partial charge in [0.1, 0.15) is 39.4 Å². The molecule has 3 aromatic rings. The van der Waals surface area contributed by atoms with Gasteiger partial charge in [0.15, 0.2) is 0 Å². The Bertz CT molecular complexity index is 1390. The van der Waals surface area contributed by atoms with Crippen molar-refractivity contribution in [2.24, 2.45) is 0 Å². The minimum Gasteiger partial charge on any atom is -0.495 e. The number of carboxylic acid groups (broad SMARTS) is 1. The molecule has 2 amide bonds. The molecule has 0 spiro atoms. The zero-order valence-corrected chi connectivity index (χ0v) is 24.8. The Labute approximate surface area is 243 Å². The number of thiazole rings is 1. The molecule has 40 heavy (non-hydrogen) atoms. The van der Waals surface area contributed by atoms with Gasteiger partial charge in [0, 0.05) is 36.8 Å². The second-order valence-corrected chi connectivity index (χ2v) is 11.4. The molecular weight excluding hydrogens is 552 g/mol. The van der Waals surface area contributed by atoms with Crippen molar-refractivity contribution in [3.8, 4) is 22.2 Å². The third-order valence-corrected chi connectivity index (χ3v) is 8.26. The number of hydrogen-bond acceptors (Lipinski definition) is 7. The normalized spacial score (nSPS) is 16.9. The third-order valence-electron chi connectivity index (χ3n) is 7.01. The van der Waals surface area contributed by atoms with Crippen LogP contribution in [-0.4, -0.2) is 76.3 Å². The molecule has 0 radical (unpaired) electrons. The van der Waals surface area contributed by atoms with E-state index in [1.807, 2.05) is 17.5 Å². The Balaban J connectivity index is 1.64. The SMILES string of the molecule is C=CCCCCN(C)C(=O)C1CC(Oc2cc(-c3nc(C(C)C)cs3)nc3c(Cl)c(OC)ccc23)CN1C(=O)O. The summed E-state index contributed by atoms with van der Waals surface area (Å²) >= 11 is 8.15. The summed E-state index contributed by atoms with van der Waals surface area (Å²) < 4.78 is 11.8. The molecular formula is C29H35ClN4O5S. The van der Waals surface area contributed by atoms with Gasteiger partial charge in [-0.05, 0) is 37.3 Å². The topological polar surface area (TPSA) is 105 Å². The largest absolute Gasteiger partial charge is 0.495 e. The highest BCUT2D eigenvalue weighted by atomic mass is 35.5. The van der Waals surface area contributed by atoms with Crippen molar-refractivity contribution in [2.75, 3.05) is 27.2 Å². The Morgan fingerprint density at radius 3 is 2.73 bits per heavy atom. The van der Waals surface area contributed by atoms with Crippen molar-refractivity contribution in [1.82, 2.24) is 19.8 Å². The second-order valence-electron chi connectivity index (χ2n) is 10.2. The molecule has 0 saturated carbocycles. The first-order valence-electron chi connectivity index (χ1n) is 13.3. The van der Waals surface area contributed by atoms with Crippen LogP contribution >= 0.6 is 22.9 Å². The van der Waals surface area contributed by atoms with Crippen LogP contribution in [0.5, 0.6) is 11.5 Å². The minimum absolute atomic E-state index is 0.0633. The van der Waals surface area contributed by atoms with Gasteiger partial charge < -0.3 is 19.5 Å². The standard InChI is InChI=1S/C29H35ClN4O5S/c1-6-7-8-9-12-33(4)28(35)22-13-18(15-34(22)29(36)37)39-24-14-20(27-32-21(16-40-27)17(2)3)31-26-19(24)10-11-23(38-5)25(26)30/h6,10-11,14,16-18,22H,1,7-9,12-13,15H2,2-5H3,(H,36,37). The predicted molar refractivity (Wildman–Crippen MR) is 158 cm³/mol. The number of carbonyl (C=O) groups is 2. The summed E-state index contributed by atoms with van der Waals surface area (Å²) in [6.45, 7) is 8.49. The van der Waals surface area contributed by atoms with Gasteiger partial charge in [-0.15, -0.1) is 17.9 Å². The number of nitrogens with zero attached hydrogens (tertiary/aromatic N) is 4. The Kier molecular flexibility index (Phi) is 9.52. The maximum atomic E-state index is 13.2. The minimum atomic E-state index is -1.15. The summed E-state index contributed by atoms with van der Waals surface area (Å²) in [5.74, 6) is 1.00. The monoisotopic (exact) mass is 586 g/mol. The molecule has 1 aliphatic heterocycles. The quantitative estimate of drug-likeness (QED) is 0.203. The Morgan fingerprint density at radius 1 is 1.30 bits per heavy atom. The molecule has 4 rings (SSSR count). The van der Waals surface area contributed by atoms with Gasteiger partial charge in [-0.25, -0.2) is 14.8 Å². The molecule has 0 aliphatic carbocycles. The van der Waals surface area contributed by atoms with Gasteiger partial charge in [0.05, 0.1) is 24.9 Å². The number of allylic oxidation sites excluding steroid dienone is 1. The molecule has 1 aromatic carbocycles. The van der Waals surface area contributed by atoms with Crippen LogP contribution < -0.4 is 9.47 Å². The van der Waals surface area contributed by atoms with Crippen LogP contribution in [0, 0.1) is 0 Å². The number of unbranched alkanes of at least 4 members (excludes halogenated alkanes) is 2. The van der Waals surface area contributed by atoms with E-state index >= 15 is 0 Å². The highest BCUT2D eigenvalue weighted by Crippen LogP contribution is 2.40. The smallest absolute Gasteiger partial charge is 0.408 e. The lowest BCUT2D eigenvalue weighted by atomic mass is 10.1. The number of aromatic nitrogens is 2. The van der Waals surface area contributed by atoms with Gasteiger partial charge in [-0.1, -0.05) is 31.5 Å². The fourth-order valence-corrected chi connectivity index (χ4v) is 5.98. The van der Waals surface area contributed by atoms with E-state index in [-0.39, 0.29) is 24.8 Å². The van der Waals surface area contributed by atoms with E-state index in [1.54, 1.807) is 24.1 Å². The first-order valence-corrected chi connectivity index (χ1v) is 14.5. The number of pyridine rings is 1. The fourth-order valence-electron chi connectivity index (χ4n) is 4.75.